The van der Waals surface area contributed by atoms with Crippen molar-refractivity contribution in [1.29, 1.82) is 0 Å². The molecule has 0 saturated carbocycles. The van der Waals surface area contributed by atoms with Crippen molar-refractivity contribution < 1.29 is 8.83 Å². The van der Waals surface area contributed by atoms with Gasteiger partial charge in [-0.25, -0.2) is 0 Å². The lowest BCUT2D eigenvalue weighted by molar-refractivity contribution is 0.286. The zero-order valence-corrected chi connectivity index (χ0v) is 18.3. The highest BCUT2D eigenvalue weighted by Gasteiger charge is 2.41. The van der Waals surface area contributed by atoms with E-state index in [1.165, 1.54) is 17.0 Å². The number of furan rings is 2. The number of aromatic nitrogens is 2. The second-order valence-electron chi connectivity index (χ2n) is 7.83. The molecule has 1 saturated heterocycles. The number of aryl methyl sites for hydroxylation is 1. The van der Waals surface area contributed by atoms with Gasteiger partial charge in [0.05, 0.1) is 43.4 Å². The van der Waals surface area contributed by atoms with Crippen molar-refractivity contribution in [3.8, 4) is 0 Å². The van der Waals surface area contributed by atoms with Gasteiger partial charge >= 0.3 is 0 Å². The highest BCUT2D eigenvalue weighted by molar-refractivity contribution is 7.80. The van der Waals surface area contributed by atoms with Gasteiger partial charge in [-0.05, 0) is 74.1 Å². The molecular weight excluding hydrogens is 408 g/mol. The molecule has 0 radical (unpaired) electrons. The molecule has 0 amide bonds. The Morgan fingerprint density at radius 3 is 2.39 bits per heavy atom. The van der Waals surface area contributed by atoms with Crippen LogP contribution in [0.2, 0.25) is 0 Å². The Kier molecular flexibility index (Phi) is 5.11. The van der Waals surface area contributed by atoms with Gasteiger partial charge < -0.3 is 23.6 Å². The van der Waals surface area contributed by atoms with E-state index in [9.17, 15) is 0 Å². The van der Waals surface area contributed by atoms with Crippen molar-refractivity contribution in [1.82, 2.24) is 19.8 Å². The number of nitrogens with zero attached hydrogens (tertiary/aromatic N) is 3. The van der Waals surface area contributed by atoms with Crippen molar-refractivity contribution >= 4 is 17.3 Å². The van der Waals surface area contributed by atoms with E-state index in [1.54, 1.807) is 12.5 Å². The Balaban J connectivity index is 1.57. The molecule has 0 bridgehead atoms. The van der Waals surface area contributed by atoms with Gasteiger partial charge in [0.15, 0.2) is 5.11 Å². The van der Waals surface area contributed by atoms with Crippen LogP contribution < -0.4 is 5.32 Å². The summed E-state index contributed by atoms with van der Waals surface area (Å²) in [6.45, 7) is 5.58. The fourth-order valence-electron chi connectivity index (χ4n) is 4.41. The molecule has 4 aromatic heterocycles. The average molecular weight is 433 g/mol. The lowest BCUT2D eigenvalue weighted by Gasteiger charge is -2.27. The number of hydrogen-bond donors (Lipinski definition) is 1. The van der Waals surface area contributed by atoms with Gasteiger partial charge in [-0.1, -0.05) is 6.07 Å². The third-order valence-electron chi connectivity index (χ3n) is 5.93. The smallest absolute Gasteiger partial charge is 0.170 e. The summed E-state index contributed by atoms with van der Waals surface area (Å²) >= 11 is 5.77. The van der Waals surface area contributed by atoms with E-state index < -0.39 is 0 Å². The fraction of sp³-hybridized carbons (Fsp3) is 0.250. The monoisotopic (exact) mass is 432 g/mol. The van der Waals surface area contributed by atoms with Crippen LogP contribution in [0.15, 0.2) is 76.1 Å². The molecule has 1 aliphatic rings. The van der Waals surface area contributed by atoms with E-state index >= 15 is 0 Å². The number of pyridine rings is 1. The van der Waals surface area contributed by atoms with E-state index in [-0.39, 0.29) is 12.1 Å². The normalized spacial score (nSPS) is 18.5. The largest absolute Gasteiger partial charge is 0.467 e. The van der Waals surface area contributed by atoms with Crippen molar-refractivity contribution in [3.63, 3.8) is 0 Å². The molecule has 7 heteroatoms. The first-order valence-electron chi connectivity index (χ1n) is 10.3. The number of thiocarbonyl (C=S) groups is 1. The number of hydrogen-bond acceptors (Lipinski definition) is 4. The average Bonchev–Trinajstić information content (AvgIpc) is 3.57. The highest BCUT2D eigenvalue weighted by Crippen LogP contribution is 2.41. The van der Waals surface area contributed by atoms with Crippen LogP contribution in [0, 0.1) is 13.8 Å². The van der Waals surface area contributed by atoms with Gasteiger partial charge in [-0.3, -0.25) is 4.98 Å². The predicted molar refractivity (Wildman–Crippen MR) is 121 cm³/mol. The summed E-state index contributed by atoms with van der Waals surface area (Å²) < 4.78 is 13.5. The molecule has 6 nitrogen and oxygen atoms in total. The molecule has 0 unspecified atom stereocenters. The third kappa shape index (κ3) is 3.65. The quantitative estimate of drug-likeness (QED) is 0.437. The Hall–Kier alpha value is -3.32. The van der Waals surface area contributed by atoms with Crippen LogP contribution in [0.4, 0.5) is 0 Å². The molecule has 5 rings (SSSR count). The number of nitrogens with one attached hydrogen (secondary N) is 1. The first kappa shape index (κ1) is 19.6. The molecule has 31 heavy (non-hydrogen) atoms. The Labute approximate surface area is 186 Å². The standard InChI is InChI=1S/C24H24N4O2S/c1-16-13-20(17(2)27(16)14-18-7-5-11-29-18)23-22(21-9-3-4-10-25-21)26-24(31)28(23)15-19-8-6-12-30-19/h3-13,22-23H,14-15H2,1-2H3,(H,26,31)/t22-,23-/m0/s1. The van der Waals surface area contributed by atoms with Crippen molar-refractivity contribution in [2.75, 3.05) is 0 Å². The summed E-state index contributed by atoms with van der Waals surface area (Å²) in [4.78, 5) is 6.83. The topological polar surface area (TPSA) is 59.4 Å². The van der Waals surface area contributed by atoms with Crippen LogP contribution >= 0.6 is 12.2 Å². The second kappa shape index (κ2) is 8.07. The van der Waals surface area contributed by atoms with Crippen LogP contribution in [-0.4, -0.2) is 19.6 Å². The summed E-state index contributed by atoms with van der Waals surface area (Å²) in [5.41, 5.74) is 4.56. The SMILES string of the molecule is Cc1cc([C@H]2[C@H](c3ccccn3)NC(=S)N2Cc2ccco2)c(C)n1Cc1ccco1. The molecule has 0 aliphatic carbocycles. The molecule has 0 aromatic carbocycles. The van der Waals surface area contributed by atoms with Gasteiger partial charge in [0.25, 0.3) is 0 Å². The second-order valence-corrected chi connectivity index (χ2v) is 8.21. The first-order valence-corrected chi connectivity index (χ1v) is 10.7. The minimum Gasteiger partial charge on any atom is -0.467 e. The summed E-state index contributed by atoms with van der Waals surface area (Å²) in [5.74, 6) is 1.81. The maximum Gasteiger partial charge on any atom is 0.170 e. The zero-order chi connectivity index (χ0) is 21.4. The predicted octanol–water partition coefficient (Wildman–Crippen LogP) is 4.91. The Morgan fingerprint density at radius 1 is 1.00 bits per heavy atom. The van der Waals surface area contributed by atoms with Gasteiger partial charge in [0.2, 0.25) is 0 Å². The summed E-state index contributed by atoms with van der Waals surface area (Å²) in [6.07, 6.45) is 5.24. The van der Waals surface area contributed by atoms with Crippen molar-refractivity contribution in [2.24, 2.45) is 0 Å². The van der Waals surface area contributed by atoms with Crippen molar-refractivity contribution in [2.45, 2.75) is 39.0 Å². The van der Waals surface area contributed by atoms with Crippen LogP contribution in [0.1, 0.15) is 46.2 Å². The summed E-state index contributed by atoms with van der Waals surface area (Å²) in [7, 11) is 0. The molecule has 0 spiro atoms. The van der Waals surface area contributed by atoms with Gasteiger partial charge in [0, 0.05) is 17.6 Å². The molecule has 2 atom stereocenters. The molecule has 158 valence electrons. The summed E-state index contributed by atoms with van der Waals surface area (Å²) in [6, 6.07) is 16.0. The lowest BCUT2D eigenvalue weighted by Crippen LogP contribution is -2.29. The van der Waals surface area contributed by atoms with Crippen LogP contribution in [0.25, 0.3) is 0 Å². The first-order chi connectivity index (χ1) is 15.1. The van der Waals surface area contributed by atoms with E-state index in [0.29, 0.717) is 18.2 Å². The molecule has 4 aromatic rings. The van der Waals surface area contributed by atoms with E-state index in [4.69, 9.17) is 21.1 Å². The molecule has 1 fully saturated rings. The maximum absolute atomic E-state index is 5.77. The fourth-order valence-corrected chi connectivity index (χ4v) is 4.72. The molecule has 1 aliphatic heterocycles. The maximum atomic E-state index is 5.77. The van der Waals surface area contributed by atoms with Crippen LogP contribution in [0.5, 0.6) is 0 Å². The van der Waals surface area contributed by atoms with Crippen LogP contribution in [-0.2, 0) is 13.1 Å². The van der Waals surface area contributed by atoms with Gasteiger partial charge in [-0.2, -0.15) is 0 Å². The minimum absolute atomic E-state index is 0.0101. The molecular formula is C24H24N4O2S. The summed E-state index contributed by atoms with van der Waals surface area (Å²) in [5, 5.41) is 4.21. The minimum atomic E-state index is -0.0544. The van der Waals surface area contributed by atoms with Gasteiger partial charge in [0.1, 0.15) is 11.5 Å². The Bertz CT molecular complexity index is 1170. The van der Waals surface area contributed by atoms with E-state index in [1.807, 2.05) is 48.7 Å². The third-order valence-corrected chi connectivity index (χ3v) is 6.28. The number of rotatable bonds is 6. The Morgan fingerprint density at radius 2 is 1.74 bits per heavy atom. The van der Waals surface area contributed by atoms with E-state index in [2.05, 4.69) is 39.7 Å². The molecule has 5 heterocycles. The van der Waals surface area contributed by atoms with Gasteiger partial charge in [-0.15, -0.1) is 0 Å². The van der Waals surface area contributed by atoms with Crippen LogP contribution in [0.3, 0.4) is 0 Å². The highest BCUT2D eigenvalue weighted by atomic mass is 32.1. The van der Waals surface area contributed by atoms with E-state index in [0.717, 1.165) is 17.2 Å². The molecule has 1 N–H and O–H groups in total. The lowest BCUT2D eigenvalue weighted by atomic mass is 9.96. The van der Waals surface area contributed by atoms with Crippen molar-refractivity contribution in [3.05, 3.63) is 101 Å². The zero-order valence-electron chi connectivity index (χ0n) is 17.5.